The van der Waals surface area contributed by atoms with Gasteiger partial charge >= 0.3 is 5.82 Å². The van der Waals surface area contributed by atoms with Crippen LogP contribution in [-0.4, -0.2) is 39.1 Å². The maximum atomic E-state index is 11.4. The standard InChI is InChI=1S/C13H16N4O3/c18-9-10-4-3-6-15(8-10)12-13(17(19)20)16-7-2-1-5-11(16)14-12/h1-2,5,7,10,18H,3-4,6,8-9H2. The zero-order chi connectivity index (χ0) is 14.1. The second-order valence-electron chi connectivity index (χ2n) is 5.08. The summed E-state index contributed by atoms with van der Waals surface area (Å²) in [7, 11) is 0. The molecule has 7 nitrogen and oxygen atoms in total. The van der Waals surface area contributed by atoms with Crippen molar-refractivity contribution >= 4 is 17.3 Å². The summed E-state index contributed by atoms with van der Waals surface area (Å²) in [6.45, 7) is 1.46. The van der Waals surface area contributed by atoms with E-state index in [4.69, 9.17) is 0 Å². The Morgan fingerprint density at radius 1 is 1.50 bits per heavy atom. The van der Waals surface area contributed by atoms with Crippen LogP contribution in [0.1, 0.15) is 12.8 Å². The third kappa shape index (κ3) is 2.09. The lowest BCUT2D eigenvalue weighted by atomic mass is 9.99. The summed E-state index contributed by atoms with van der Waals surface area (Å²) in [5.74, 6) is 0.562. The molecule has 2 aromatic rings. The van der Waals surface area contributed by atoms with E-state index in [0.717, 1.165) is 19.4 Å². The second kappa shape index (κ2) is 5.09. The minimum absolute atomic E-state index is 0.000750. The fourth-order valence-electron chi connectivity index (χ4n) is 2.76. The molecule has 2 aromatic heterocycles. The minimum atomic E-state index is -0.391. The molecule has 0 spiro atoms. The smallest absolute Gasteiger partial charge is 0.372 e. The highest BCUT2D eigenvalue weighted by atomic mass is 16.6. The highest BCUT2D eigenvalue weighted by Crippen LogP contribution is 2.31. The number of nitrogens with zero attached hydrogens (tertiary/aromatic N) is 4. The number of piperidine rings is 1. The van der Waals surface area contributed by atoms with Crippen molar-refractivity contribution in [1.29, 1.82) is 0 Å². The number of fused-ring (bicyclic) bond motifs is 1. The molecule has 0 aromatic carbocycles. The van der Waals surface area contributed by atoms with Gasteiger partial charge in [0.15, 0.2) is 0 Å². The Hall–Kier alpha value is -2.15. The first-order valence-electron chi connectivity index (χ1n) is 6.68. The molecule has 3 rings (SSSR count). The lowest BCUT2D eigenvalue weighted by molar-refractivity contribution is -0.389. The van der Waals surface area contributed by atoms with E-state index in [0.29, 0.717) is 18.0 Å². The quantitative estimate of drug-likeness (QED) is 0.677. The summed E-state index contributed by atoms with van der Waals surface area (Å²) in [4.78, 5) is 17.3. The van der Waals surface area contributed by atoms with E-state index in [1.807, 2.05) is 11.0 Å². The molecular formula is C13H16N4O3. The van der Waals surface area contributed by atoms with Crippen LogP contribution in [0.2, 0.25) is 0 Å². The van der Waals surface area contributed by atoms with Gasteiger partial charge in [-0.05, 0) is 29.7 Å². The maximum Gasteiger partial charge on any atom is 0.372 e. The van der Waals surface area contributed by atoms with Crippen LogP contribution >= 0.6 is 0 Å². The van der Waals surface area contributed by atoms with Gasteiger partial charge in [0.25, 0.3) is 0 Å². The Bertz CT molecular complexity index is 640. The van der Waals surface area contributed by atoms with Gasteiger partial charge in [0.05, 0.1) is 6.20 Å². The van der Waals surface area contributed by atoms with Gasteiger partial charge in [0.2, 0.25) is 11.5 Å². The number of hydrogen-bond acceptors (Lipinski definition) is 5. The molecule has 0 radical (unpaired) electrons. The van der Waals surface area contributed by atoms with E-state index in [-0.39, 0.29) is 18.3 Å². The summed E-state index contributed by atoms with van der Waals surface area (Å²) in [5.41, 5.74) is 0.570. The van der Waals surface area contributed by atoms with Crippen molar-refractivity contribution in [3.05, 3.63) is 34.5 Å². The summed E-state index contributed by atoms with van der Waals surface area (Å²) >= 11 is 0. The molecule has 1 fully saturated rings. The minimum Gasteiger partial charge on any atom is -0.396 e. The van der Waals surface area contributed by atoms with E-state index >= 15 is 0 Å². The zero-order valence-corrected chi connectivity index (χ0v) is 11.0. The van der Waals surface area contributed by atoms with E-state index in [2.05, 4.69) is 4.98 Å². The van der Waals surface area contributed by atoms with E-state index in [1.54, 1.807) is 18.3 Å². The van der Waals surface area contributed by atoms with Crippen molar-refractivity contribution in [3.8, 4) is 0 Å². The number of aliphatic hydroxyl groups excluding tert-OH is 1. The first-order valence-corrected chi connectivity index (χ1v) is 6.68. The van der Waals surface area contributed by atoms with Crippen LogP contribution < -0.4 is 4.90 Å². The fourth-order valence-corrected chi connectivity index (χ4v) is 2.76. The third-order valence-electron chi connectivity index (χ3n) is 3.74. The zero-order valence-electron chi connectivity index (χ0n) is 11.0. The molecule has 7 heteroatoms. The maximum absolute atomic E-state index is 11.4. The monoisotopic (exact) mass is 276 g/mol. The Morgan fingerprint density at radius 3 is 3.10 bits per heavy atom. The number of aliphatic hydroxyl groups is 1. The first kappa shape index (κ1) is 12.9. The van der Waals surface area contributed by atoms with Gasteiger partial charge < -0.3 is 20.1 Å². The number of pyridine rings is 1. The fraction of sp³-hybridized carbons (Fsp3) is 0.462. The van der Waals surface area contributed by atoms with Crippen LogP contribution in [0, 0.1) is 16.0 Å². The molecule has 1 saturated heterocycles. The number of hydrogen-bond donors (Lipinski definition) is 1. The van der Waals surface area contributed by atoms with Gasteiger partial charge in [-0.3, -0.25) is 0 Å². The summed E-state index contributed by atoms with van der Waals surface area (Å²) in [6.07, 6.45) is 3.52. The van der Waals surface area contributed by atoms with Gasteiger partial charge in [-0.15, -0.1) is 0 Å². The van der Waals surface area contributed by atoms with Crippen LogP contribution in [0.5, 0.6) is 0 Å². The predicted octanol–water partition coefficient (Wildman–Crippen LogP) is 1.45. The topological polar surface area (TPSA) is 83.9 Å². The Balaban J connectivity index is 2.06. The van der Waals surface area contributed by atoms with Gasteiger partial charge in [0, 0.05) is 25.8 Å². The van der Waals surface area contributed by atoms with Crippen molar-refractivity contribution in [2.45, 2.75) is 12.8 Å². The number of anilines is 1. The third-order valence-corrected chi connectivity index (χ3v) is 3.74. The summed E-state index contributed by atoms with van der Waals surface area (Å²) in [6, 6.07) is 5.31. The summed E-state index contributed by atoms with van der Waals surface area (Å²) in [5, 5.41) is 20.6. The Kier molecular flexibility index (Phi) is 3.27. The largest absolute Gasteiger partial charge is 0.396 e. The number of rotatable bonds is 3. The van der Waals surface area contributed by atoms with Crippen molar-refractivity contribution in [3.63, 3.8) is 0 Å². The average Bonchev–Trinajstić information content (AvgIpc) is 2.87. The lowest BCUT2D eigenvalue weighted by Crippen LogP contribution is -2.37. The van der Waals surface area contributed by atoms with Crippen molar-refractivity contribution < 1.29 is 10.0 Å². The van der Waals surface area contributed by atoms with Crippen LogP contribution in [0.25, 0.3) is 5.65 Å². The highest BCUT2D eigenvalue weighted by molar-refractivity contribution is 5.63. The number of aromatic nitrogens is 2. The molecule has 20 heavy (non-hydrogen) atoms. The van der Waals surface area contributed by atoms with Crippen LogP contribution in [0.15, 0.2) is 24.4 Å². The van der Waals surface area contributed by atoms with Crippen LogP contribution in [0.4, 0.5) is 11.6 Å². The highest BCUT2D eigenvalue weighted by Gasteiger charge is 2.30. The Morgan fingerprint density at radius 2 is 2.35 bits per heavy atom. The molecule has 1 aliphatic rings. The molecule has 1 unspecified atom stereocenters. The summed E-state index contributed by atoms with van der Waals surface area (Å²) < 4.78 is 1.50. The molecule has 1 N–H and O–H groups in total. The van der Waals surface area contributed by atoms with Crippen molar-refractivity contribution in [2.24, 2.45) is 5.92 Å². The van der Waals surface area contributed by atoms with Gasteiger partial charge in [-0.2, -0.15) is 9.38 Å². The van der Waals surface area contributed by atoms with Crippen LogP contribution in [0.3, 0.4) is 0 Å². The van der Waals surface area contributed by atoms with Gasteiger partial charge in [-0.25, -0.2) is 0 Å². The molecule has 0 saturated carbocycles. The average molecular weight is 276 g/mol. The second-order valence-corrected chi connectivity index (χ2v) is 5.08. The number of nitro groups is 1. The predicted molar refractivity (Wildman–Crippen MR) is 73.9 cm³/mol. The van der Waals surface area contributed by atoms with Crippen molar-refractivity contribution in [1.82, 2.24) is 9.38 Å². The van der Waals surface area contributed by atoms with E-state index in [9.17, 15) is 15.2 Å². The molecule has 0 bridgehead atoms. The molecule has 3 heterocycles. The van der Waals surface area contributed by atoms with E-state index in [1.165, 1.54) is 4.40 Å². The molecule has 0 aliphatic carbocycles. The molecule has 1 atom stereocenters. The first-order chi connectivity index (χ1) is 9.70. The number of imidazole rings is 1. The van der Waals surface area contributed by atoms with Gasteiger partial charge in [0.1, 0.15) is 0 Å². The SMILES string of the molecule is O=[N+]([O-])c1c(N2CCCC(CO)C2)nc2ccccn12. The molecular weight excluding hydrogens is 260 g/mol. The lowest BCUT2D eigenvalue weighted by Gasteiger charge is -2.31. The molecule has 0 amide bonds. The van der Waals surface area contributed by atoms with Crippen molar-refractivity contribution in [2.75, 3.05) is 24.6 Å². The van der Waals surface area contributed by atoms with E-state index < -0.39 is 4.92 Å². The Labute approximate surface area is 115 Å². The molecule has 106 valence electrons. The normalized spacial score (nSPS) is 19.4. The van der Waals surface area contributed by atoms with Gasteiger partial charge in [-0.1, -0.05) is 6.07 Å². The molecule has 1 aliphatic heterocycles. The van der Waals surface area contributed by atoms with Crippen LogP contribution in [-0.2, 0) is 0 Å².